The Morgan fingerprint density at radius 1 is 0.952 bits per heavy atom. The molecule has 3 nitrogen and oxygen atoms in total. The molecule has 0 amide bonds. The zero-order valence-electron chi connectivity index (χ0n) is 11.2. The largest absolute Gasteiger partial charge is 0.455 e. The lowest BCUT2D eigenvalue weighted by atomic mass is 10.2. The van der Waals surface area contributed by atoms with Crippen molar-refractivity contribution in [2.45, 2.75) is 0 Å². The van der Waals surface area contributed by atoms with Gasteiger partial charge in [0.25, 0.3) is 0 Å². The summed E-state index contributed by atoms with van der Waals surface area (Å²) in [5.74, 6) is 1.44. The summed E-state index contributed by atoms with van der Waals surface area (Å²) in [5.41, 5.74) is 8.17. The molecule has 0 unspecified atom stereocenters. The van der Waals surface area contributed by atoms with Crippen molar-refractivity contribution < 1.29 is 4.42 Å². The maximum Gasteiger partial charge on any atom is 0.145 e. The molecule has 0 bridgehead atoms. The zero-order chi connectivity index (χ0) is 14.7. The molecule has 1 aromatic heterocycles. The minimum atomic E-state index is 0.637. The summed E-state index contributed by atoms with van der Waals surface area (Å²) in [6, 6.07) is 18.7. The van der Waals surface area contributed by atoms with Crippen LogP contribution in [-0.4, -0.2) is 6.21 Å². The van der Waals surface area contributed by atoms with Gasteiger partial charge in [-0.1, -0.05) is 23.7 Å². The molecule has 0 spiro atoms. The predicted molar refractivity (Wildman–Crippen MR) is 87.3 cm³/mol. The third-order valence-electron chi connectivity index (χ3n) is 3.02. The fourth-order valence-electron chi connectivity index (χ4n) is 1.93. The molecule has 0 saturated carbocycles. The molecule has 1 heterocycles. The van der Waals surface area contributed by atoms with Gasteiger partial charge in [0.15, 0.2) is 0 Å². The SMILES string of the molecule is Nc1ccccc1N=Cc1ccc(-c2ccc(Cl)cc2)o1. The second-order valence-electron chi connectivity index (χ2n) is 4.53. The van der Waals surface area contributed by atoms with E-state index in [1.165, 1.54) is 0 Å². The maximum atomic E-state index is 5.87. The van der Waals surface area contributed by atoms with E-state index in [1.807, 2.05) is 60.7 Å². The van der Waals surface area contributed by atoms with Crippen molar-refractivity contribution in [2.24, 2.45) is 4.99 Å². The smallest absolute Gasteiger partial charge is 0.145 e. The van der Waals surface area contributed by atoms with Crippen LogP contribution in [0.25, 0.3) is 11.3 Å². The van der Waals surface area contributed by atoms with Gasteiger partial charge in [0.1, 0.15) is 11.5 Å². The number of hydrogen-bond acceptors (Lipinski definition) is 3. The topological polar surface area (TPSA) is 51.5 Å². The van der Waals surface area contributed by atoms with E-state index in [2.05, 4.69) is 4.99 Å². The van der Waals surface area contributed by atoms with Crippen molar-refractivity contribution in [1.29, 1.82) is 0 Å². The molecule has 2 aromatic carbocycles. The van der Waals surface area contributed by atoms with Crippen molar-refractivity contribution in [3.63, 3.8) is 0 Å². The van der Waals surface area contributed by atoms with Crippen molar-refractivity contribution >= 4 is 29.2 Å². The Labute approximate surface area is 127 Å². The van der Waals surface area contributed by atoms with Gasteiger partial charge >= 0.3 is 0 Å². The Hall–Kier alpha value is -2.52. The van der Waals surface area contributed by atoms with Crippen molar-refractivity contribution in [1.82, 2.24) is 0 Å². The van der Waals surface area contributed by atoms with Gasteiger partial charge in [0.05, 0.1) is 17.6 Å². The molecule has 0 saturated heterocycles. The number of anilines is 1. The number of rotatable bonds is 3. The van der Waals surface area contributed by atoms with Gasteiger partial charge in [-0.15, -0.1) is 0 Å². The molecule has 0 radical (unpaired) electrons. The lowest BCUT2D eigenvalue weighted by molar-refractivity contribution is 0.575. The lowest BCUT2D eigenvalue weighted by Gasteiger charge is -1.97. The number of para-hydroxylation sites is 2. The standard InChI is InChI=1S/C17H13ClN2O/c18-13-7-5-12(6-8-13)17-10-9-14(21-17)11-20-16-4-2-1-3-15(16)19/h1-11H,19H2. The molecule has 0 aliphatic heterocycles. The van der Waals surface area contributed by atoms with Crippen LogP contribution in [0.15, 0.2) is 70.1 Å². The summed E-state index contributed by atoms with van der Waals surface area (Å²) >= 11 is 5.87. The second kappa shape index (κ2) is 5.85. The highest BCUT2D eigenvalue weighted by Crippen LogP contribution is 2.24. The molecule has 3 aromatic rings. The number of benzene rings is 2. The summed E-state index contributed by atoms with van der Waals surface area (Å²) in [7, 11) is 0. The van der Waals surface area contributed by atoms with E-state index in [-0.39, 0.29) is 0 Å². The summed E-state index contributed by atoms with van der Waals surface area (Å²) in [4.78, 5) is 4.33. The van der Waals surface area contributed by atoms with Gasteiger partial charge in [0.2, 0.25) is 0 Å². The minimum absolute atomic E-state index is 0.637. The Bertz CT molecular complexity index is 775. The van der Waals surface area contributed by atoms with E-state index in [9.17, 15) is 0 Å². The van der Waals surface area contributed by atoms with E-state index in [4.69, 9.17) is 21.8 Å². The Balaban J connectivity index is 1.82. The van der Waals surface area contributed by atoms with E-state index in [0.717, 1.165) is 17.0 Å². The Kier molecular flexibility index (Phi) is 3.75. The molecule has 2 N–H and O–H groups in total. The molecular weight excluding hydrogens is 284 g/mol. The Morgan fingerprint density at radius 3 is 2.48 bits per heavy atom. The second-order valence-corrected chi connectivity index (χ2v) is 4.96. The first kappa shape index (κ1) is 13.5. The van der Waals surface area contributed by atoms with E-state index in [0.29, 0.717) is 16.5 Å². The first-order valence-electron chi connectivity index (χ1n) is 6.47. The van der Waals surface area contributed by atoms with Crippen LogP contribution in [0, 0.1) is 0 Å². The molecule has 3 rings (SSSR count). The van der Waals surface area contributed by atoms with E-state index >= 15 is 0 Å². The first-order valence-corrected chi connectivity index (χ1v) is 6.84. The van der Waals surface area contributed by atoms with Gasteiger partial charge in [0, 0.05) is 10.6 Å². The van der Waals surface area contributed by atoms with Crippen molar-refractivity contribution in [3.8, 4) is 11.3 Å². The number of halogens is 1. The average molecular weight is 297 g/mol. The fourth-order valence-corrected chi connectivity index (χ4v) is 2.06. The molecule has 0 atom stereocenters. The van der Waals surface area contributed by atoms with Crippen LogP contribution < -0.4 is 5.73 Å². The number of aliphatic imine (C=N–C) groups is 1. The molecule has 21 heavy (non-hydrogen) atoms. The highest BCUT2D eigenvalue weighted by Gasteiger charge is 2.03. The predicted octanol–water partition coefficient (Wildman–Crippen LogP) is 4.93. The number of nitrogens with two attached hydrogens (primary N) is 1. The van der Waals surface area contributed by atoms with Crippen LogP contribution in [0.3, 0.4) is 0 Å². The summed E-state index contributed by atoms with van der Waals surface area (Å²) < 4.78 is 5.74. The van der Waals surface area contributed by atoms with Crippen molar-refractivity contribution in [2.75, 3.05) is 5.73 Å². The van der Waals surface area contributed by atoms with Crippen LogP contribution in [-0.2, 0) is 0 Å². The highest BCUT2D eigenvalue weighted by atomic mass is 35.5. The monoisotopic (exact) mass is 296 g/mol. The van der Waals surface area contributed by atoms with E-state index in [1.54, 1.807) is 6.21 Å². The van der Waals surface area contributed by atoms with Gasteiger partial charge in [-0.25, -0.2) is 0 Å². The molecule has 0 aliphatic carbocycles. The summed E-state index contributed by atoms with van der Waals surface area (Å²) in [5, 5.41) is 0.701. The van der Waals surface area contributed by atoms with E-state index < -0.39 is 0 Å². The van der Waals surface area contributed by atoms with Crippen LogP contribution in [0.5, 0.6) is 0 Å². The van der Waals surface area contributed by atoms with Gasteiger partial charge in [-0.2, -0.15) is 0 Å². The van der Waals surface area contributed by atoms with Gasteiger partial charge in [-0.3, -0.25) is 4.99 Å². The number of nitrogens with zero attached hydrogens (tertiary/aromatic N) is 1. The molecule has 0 fully saturated rings. The van der Waals surface area contributed by atoms with Crippen LogP contribution in [0.4, 0.5) is 11.4 Å². The Morgan fingerprint density at radius 2 is 1.71 bits per heavy atom. The number of nitrogen functional groups attached to an aromatic ring is 1. The van der Waals surface area contributed by atoms with Gasteiger partial charge < -0.3 is 10.2 Å². The molecular formula is C17H13ClN2O. The van der Waals surface area contributed by atoms with Gasteiger partial charge in [-0.05, 0) is 48.5 Å². The summed E-state index contributed by atoms with van der Waals surface area (Å²) in [6.45, 7) is 0. The highest BCUT2D eigenvalue weighted by molar-refractivity contribution is 6.30. The maximum absolute atomic E-state index is 5.87. The first-order chi connectivity index (χ1) is 10.2. The van der Waals surface area contributed by atoms with Crippen LogP contribution >= 0.6 is 11.6 Å². The third-order valence-corrected chi connectivity index (χ3v) is 3.28. The summed E-state index contributed by atoms with van der Waals surface area (Å²) in [6.07, 6.45) is 1.66. The van der Waals surface area contributed by atoms with Crippen LogP contribution in [0.1, 0.15) is 5.76 Å². The third kappa shape index (κ3) is 3.15. The molecule has 0 aliphatic rings. The molecule has 104 valence electrons. The normalized spacial score (nSPS) is 11.1. The quantitative estimate of drug-likeness (QED) is 0.550. The fraction of sp³-hybridized carbons (Fsp3) is 0. The number of furan rings is 1. The average Bonchev–Trinajstić information content (AvgIpc) is 2.96. The minimum Gasteiger partial charge on any atom is -0.455 e. The zero-order valence-corrected chi connectivity index (χ0v) is 11.9. The lowest BCUT2D eigenvalue weighted by Crippen LogP contribution is -1.84. The number of hydrogen-bond donors (Lipinski definition) is 1. The van der Waals surface area contributed by atoms with Crippen LogP contribution in [0.2, 0.25) is 5.02 Å². The van der Waals surface area contributed by atoms with Crippen molar-refractivity contribution in [3.05, 3.63) is 71.4 Å². The molecule has 4 heteroatoms.